The molecule has 0 aliphatic carbocycles. The Labute approximate surface area is 199 Å². The molecular weight excluding hydrogens is 461 g/mol. The summed E-state index contributed by atoms with van der Waals surface area (Å²) in [5, 5.41) is 8.44. The van der Waals surface area contributed by atoms with Crippen LogP contribution in [0, 0.1) is 11.2 Å². The van der Waals surface area contributed by atoms with Crippen molar-refractivity contribution >= 4 is 27.3 Å². The van der Waals surface area contributed by atoms with E-state index in [1.54, 1.807) is 31.2 Å². The smallest absolute Gasteiger partial charge is 0.232 e. The Morgan fingerprint density at radius 3 is 2.44 bits per heavy atom. The first-order valence-corrected chi connectivity index (χ1v) is 12.4. The van der Waals surface area contributed by atoms with E-state index in [4.69, 9.17) is 14.9 Å². The van der Waals surface area contributed by atoms with Gasteiger partial charge in [-0.1, -0.05) is 20.8 Å². The fourth-order valence-electron chi connectivity index (χ4n) is 3.89. The van der Waals surface area contributed by atoms with Crippen LogP contribution in [0.15, 0.2) is 24.3 Å². The highest BCUT2D eigenvalue weighted by atomic mass is 32.2. The molecule has 0 saturated carbocycles. The third-order valence-corrected chi connectivity index (χ3v) is 7.03. The molecule has 10 heteroatoms. The van der Waals surface area contributed by atoms with Crippen LogP contribution in [0.1, 0.15) is 54.7 Å². The number of anilines is 1. The summed E-state index contributed by atoms with van der Waals surface area (Å²) >= 11 is 0. The average molecular weight is 492 g/mol. The summed E-state index contributed by atoms with van der Waals surface area (Å²) < 4.78 is 52.1. The maximum Gasteiger partial charge on any atom is 0.232 e. The Kier molecular flexibility index (Phi) is 6.93. The first-order chi connectivity index (χ1) is 15.8. The van der Waals surface area contributed by atoms with E-state index in [-0.39, 0.29) is 47.5 Å². The van der Waals surface area contributed by atoms with Crippen LogP contribution in [-0.4, -0.2) is 51.5 Å². The molecule has 0 saturated heterocycles. The Balaban J connectivity index is 1.90. The zero-order chi connectivity index (χ0) is 25.4. The summed E-state index contributed by atoms with van der Waals surface area (Å²) in [6.07, 6.45) is 0. The number of methoxy groups -OCH3 is 2. The zero-order valence-corrected chi connectivity index (χ0v) is 21.0. The summed E-state index contributed by atoms with van der Waals surface area (Å²) in [4.78, 5) is 14.6. The van der Waals surface area contributed by atoms with E-state index in [9.17, 15) is 17.6 Å². The number of benzene rings is 2. The molecule has 2 N–H and O–H groups in total. The minimum atomic E-state index is -3.49. The molecule has 0 atom stereocenters. The largest absolute Gasteiger partial charge is 0.493 e. The van der Waals surface area contributed by atoms with Crippen LogP contribution >= 0.6 is 0 Å². The van der Waals surface area contributed by atoms with Crippen LogP contribution in [0.3, 0.4) is 0 Å². The monoisotopic (exact) mass is 491 g/mol. The van der Waals surface area contributed by atoms with Crippen LogP contribution in [0.2, 0.25) is 0 Å². The lowest BCUT2D eigenvalue weighted by Gasteiger charge is -2.24. The van der Waals surface area contributed by atoms with Crippen LogP contribution in [0.5, 0.6) is 11.5 Å². The molecule has 0 amide bonds. The SMILES string of the molecule is CCS(=O)(=O)Nc1ccc(C(=O)CN2Cc3cc(OC)c(OC)c(F)c3C2=N)cc1C(C)(C)C. The lowest BCUT2D eigenvalue weighted by molar-refractivity contribution is 0.0962. The number of rotatable bonds is 8. The number of amidine groups is 1. The first kappa shape index (κ1) is 25.5. The molecular formula is C24H30FN3O5S. The molecule has 34 heavy (non-hydrogen) atoms. The van der Waals surface area contributed by atoms with Gasteiger partial charge in [-0.25, -0.2) is 12.8 Å². The number of carbonyl (C=O) groups excluding carboxylic acids is 1. The van der Waals surface area contributed by atoms with Gasteiger partial charge in [0.2, 0.25) is 10.0 Å². The minimum Gasteiger partial charge on any atom is -0.493 e. The van der Waals surface area contributed by atoms with Gasteiger partial charge in [-0.05, 0) is 47.7 Å². The maximum atomic E-state index is 15.0. The van der Waals surface area contributed by atoms with Crippen molar-refractivity contribution in [3.8, 4) is 11.5 Å². The third kappa shape index (κ3) is 4.86. The van der Waals surface area contributed by atoms with Gasteiger partial charge in [0.15, 0.2) is 23.1 Å². The number of carbonyl (C=O) groups is 1. The summed E-state index contributed by atoms with van der Waals surface area (Å²) in [5.41, 5.74) is 1.67. The molecule has 3 rings (SSSR count). The normalized spacial score (nSPS) is 13.6. The van der Waals surface area contributed by atoms with Gasteiger partial charge in [-0.3, -0.25) is 14.9 Å². The highest BCUT2D eigenvalue weighted by Gasteiger charge is 2.33. The van der Waals surface area contributed by atoms with E-state index in [1.807, 2.05) is 20.8 Å². The molecule has 2 aromatic carbocycles. The third-order valence-electron chi connectivity index (χ3n) is 5.74. The van der Waals surface area contributed by atoms with E-state index < -0.39 is 21.3 Å². The highest BCUT2D eigenvalue weighted by Crippen LogP contribution is 2.38. The zero-order valence-electron chi connectivity index (χ0n) is 20.2. The second-order valence-electron chi connectivity index (χ2n) is 9.10. The Morgan fingerprint density at radius 2 is 1.88 bits per heavy atom. The summed E-state index contributed by atoms with van der Waals surface area (Å²) in [5.74, 6) is -1.00. The van der Waals surface area contributed by atoms with Gasteiger partial charge in [-0.2, -0.15) is 0 Å². The molecule has 2 aromatic rings. The highest BCUT2D eigenvalue weighted by molar-refractivity contribution is 7.92. The van der Waals surface area contributed by atoms with E-state index in [0.29, 0.717) is 22.4 Å². The first-order valence-electron chi connectivity index (χ1n) is 10.8. The second-order valence-corrected chi connectivity index (χ2v) is 11.1. The van der Waals surface area contributed by atoms with E-state index in [1.165, 1.54) is 19.1 Å². The lowest BCUT2D eigenvalue weighted by Crippen LogP contribution is -2.30. The predicted molar refractivity (Wildman–Crippen MR) is 129 cm³/mol. The van der Waals surface area contributed by atoms with Crippen molar-refractivity contribution in [1.82, 2.24) is 4.90 Å². The van der Waals surface area contributed by atoms with Crippen LogP contribution in [0.4, 0.5) is 10.1 Å². The summed E-state index contributed by atoms with van der Waals surface area (Å²) in [6.45, 7) is 7.37. The number of fused-ring (bicyclic) bond motifs is 1. The standard InChI is InChI=1S/C24H30FN3O5S/c1-7-34(30,31)27-17-9-8-14(10-16(17)24(2,3)4)18(29)13-28-12-15-11-19(32-5)22(33-6)21(25)20(15)23(28)26/h8-11,26-27H,7,12-13H2,1-6H3. The quantitative estimate of drug-likeness (QED) is 0.542. The van der Waals surface area contributed by atoms with E-state index in [2.05, 4.69) is 4.72 Å². The molecule has 184 valence electrons. The van der Waals surface area contributed by atoms with Gasteiger partial charge in [0, 0.05) is 12.1 Å². The molecule has 0 fully saturated rings. The van der Waals surface area contributed by atoms with Crippen molar-refractivity contribution in [2.75, 3.05) is 31.2 Å². The van der Waals surface area contributed by atoms with Gasteiger partial charge in [0.1, 0.15) is 5.84 Å². The van der Waals surface area contributed by atoms with Crippen molar-refractivity contribution in [2.45, 2.75) is 39.7 Å². The number of ether oxygens (including phenoxy) is 2. The molecule has 0 radical (unpaired) electrons. The lowest BCUT2D eigenvalue weighted by atomic mass is 9.84. The minimum absolute atomic E-state index is 0.0684. The number of hydrogen-bond acceptors (Lipinski definition) is 6. The van der Waals surface area contributed by atoms with Crippen molar-refractivity contribution in [3.63, 3.8) is 0 Å². The van der Waals surface area contributed by atoms with Crippen LogP contribution in [0.25, 0.3) is 0 Å². The number of ketones is 1. The van der Waals surface area contributed by atoms with Crippen LogP contribution < -0.4 is 14.2 Å². The predicted octanol–water partition coefficient (Wildman–Crippen LogP) is 3.93. The van der Waals surface area contributed by atoms with Gasteiger partial charge < -0.3 is 14.4 Å². The number of nitrogens with one attached hydrogen (secondary N) is 2. The Bertz CT molecular complexity index is 1250. The summed E-state index contributed by atoms with van der Waals surface area (Å²) in [7, 11) is -0.759. The fourth-order valence-corrected chi connectivity index (χ4v) is 4.55. The number of halogens is 1. The topological polar surface area (TPSA) is 109 Å². The molecule has 0 bridgehead atoms. The summed E-state index contributed by atoms with van der Waals surface area (Å²) in [6, 6.07) is 6.43. The van der Waals surface area contributed by atoms with Crippen molar-refractivity contribution in [1.29, 1.82) is 5.41 Å². The maximum absolute atomic E-state index is 15.0. The van der Waals surface area contributed by atoms with Gasteiger partial charge >= 0.3 is 0 Å². The number of sulfonamides is 1. The van der Waals surface area contributed by atoms with Crippen molar-refractivity contribution in [2.24, 2.45) is 0 Å². The Hall–Kier alpha value is -3.14. The van der Waals surface area contributed by atoms with E-state index >= 15 is 0 Å². The van der Waals surface area contributed by atoms with Gasteiger partial charge in [0.25, 0.3) is 0 Å². The molecule has 1 aliphatic rings. The van der Waals surface area contributed by atoms with Crippen molar-refractivity contribution < 1.29 is 27.1 Å². The number of Topliss-reactive ketones (excluding diaryl/α,β-unsaturated/α-hetero) is 1. The molecule has 0 unspecified atom stereocenters. The van der Waals surface area contributed by atoms with E-state index in [0.717, 1.165) is 0 Å². The molecule has 1 aliphatic heterocycles. The van der Waals surface area contributed by atoms with Gasteiger partial charge in [-0.15, -0.1) is 0 Å². The average Bonchev–Trinajstić information content (AvgIpc) is 3.07. The second kappa shape index (κ2) is 9.25. The Morgan fingerprint density at radius 1 is 1.21 bits per heavy atom. The van der Waals surface area contributed by atoms with Crippen molar-refractivity contribution in [3.05, 3.63) is 52.3 Å². The molecule has 1 heterocycles. The van der Waals surface area contributed by atoms with Gasteiger partial charge in [0.05, 0.1) is 37.8 Å². The number of nitrogens with zero attached hydrogens (tertiary/aromatic N) is 1. The number of hydrogen-bond donors (Lipinski definition) is 2. The molecule has 0 aromatic heterocycles. The molecule has 0 spiro atoms. The van der Waals surface area contributed by atoms with Crippen LogP contribution in [-0.2, 0) is 22.0 Å². The molecule has 8 nitrogen and oxygen atoms in total. The fraction of sp³-hybridized carbons (Fsp3) is 0.417.